The molecule has 2 rings (SSSR count). The van der Waals surface area contributed by atoms with Crippen molar-refractivity contribution < 1.29 is 14.7 Å². The highest BCUT2D eigenvalue weighted by Crippen LogP contribution is 2.27. The van der Waals surface area contributed by atoms with Crippen LogP contribution < -0.4 is 15.5 Å². The van der Waals surface area contributed by atoms with Crippen LogP contribution in [0.1, 0.15) is 6.92 Å². The minimum Gasteiger partial charge on any atom is -0.506 e. The smallest absolute Gasteiger partial charge is 0.321 e. The van der Waals surface area contributed by atoms with Crippen LogP contribution in [0.25, 0.3) is 0 Å². The minimum absolute atomic E-state index is 0.265. The number of rotatable bonds is 3. The number of benzene rings is 1. The Hall–Kier alpha value is -2.28. The van der Waals surface area contributed by atoms with Gasteiger partial charge in [0.05, 0.1) is 11.7 Å². The van der Waals surface area contributed by atoms with Crippen molar-refractivity contribution in [3.8, 4) is 5.75 Å². The number of carbonyl (C=O) groups excluding carboxylic acids is 2. The Morgan fingerprint density at radius 1 is 1.18 bits per heavy atom. The van der Waals surface area contributed by atoms with Gasteiger partial charge in [0, 0.05) is 33.2 Å². The van der Waals surface area contributed by atoms with Crippen molar-refractivity contribution in [1.29, 1.82) is 0 Å². The topological polar surface area (TPSA) is 84.9 Å². The largest absolute Gasteiger partial charge is 0.506 e. The first kappa shape index (κ1) is 16.1. The number of amides is 3. The van der Waals surface area contributed by atoms with E-state index in [1.54, 1.807) is 19.1 Å². The van der Waals surface area contributed by atoms with Gasteiger partial charge < -0.3 is 15.3 Å². The van der Waals surface area contributed by atoms with E-state index < -0.39 is 6.03 Å². The molecule has 0 unspecified atom stereocenters. The first-order valence-corrected chi connectivity index (χ1v) is 7.32. The average molecular weight is 306 g/mol. The third-order valence-electron chi connectivity index (χ3n) is 3.93. The van der Waals surface area contributed by atoms with E-state index in [9.17, 15) is 14.7 Å². The Morgan fingerprint density at radius 3 is 2.41 bits per heavy atom. The number of hydrogen-bond donors (Lipinski definition) is 3. The summed E-state index contributed by atoms with van der Waals surface area (Å²) in [5.41, 5.74) is 0.810. The highest BCUT2D eigenvalue weighted by atomic mass is 16.3. The summed E-state index contributed by atoms with van der Waals surface area (Å²) in [5.74, 6) is -0.0447. The summed E-state index contributed by atoms with van der Waals surface area (Å²) < 4.78 is 0. The summed E-state index contributed by atoms with van der Waals surface area (Å²) in [4.78, 5) is 27.3. The fraction of sp³-hybridized carbons (Fsp3) is 0.467. The number of hydrogen-bond acceptors (Lipinski definition) is 5. The van der Waals surface area contributed by atoms with Crippen LogP contribution in [0.4, 0.5) is 10.5 Å². The number of nitrogens with one attached hydrogen (secondary N) is 2. The lowest BCUT2D eigenvalue weighted by Gasteiger charge is -2.38. The van der Waals surface area contributed by atoms with Gasteiger partial charge in [0.2, 0.25) is 5.91 Å². The summed E-state index contributed by atoms with van der Waals surface area (Å²) in [6.07, 6.45) is 0. The molecule has 1 saturated heterocycles. The molecule has 0 radical (unpaired) electrons. The quantitative estimate of drug-likeness (QED) is 0.751. The minimum atomic E-state index is -0.496. The molecule has 1 atom stereocenters. The van der Waals surface area contributed by atoms with Crippen LogP contribution in [-0.2, 0) is 4.79 Å². The lowest BCUT2D eigenvalue weighted by molar-refractivity contribution is -0.124. The molecule has 0 bridgehead atoms. The van der Waals surface area contributed by atoms with Gasteiger partial charge in [-0.2, -0.15) is 0 Å². The van der Waals surface area contributed by atoms with E-state index in [1.165, 1.54) is 7.05 Å². The Labute approximate surface area is 129 Å². The van der Waals surface area contributed by atoms with Crippen LogP contribution in [0.5, 0.6) is 5.75 Å². The number of imide groups is 1. The van der Waals surface area contributed by atoms with Crippen LogP contribution in [0.15, 0.2) is 24.3 Å². The Kier molecular flexibility index (Phi) is 5.21. The zero-order valence-electron chi connectivity index (χ0n) is 12.9. The van der Waals surface area contributed by atoms with Crippen LogP contribution in [-0.4, -0.2) is 61.2 Å². The molecule has 7 heteroatoms. The van der Waals surface area contributed by atoms with Gasteiger partial charge in [0.15, 0.2) is 0 Å². The third-order valence-corrected chi connectivity index (χ3v) is 3.93. The predicted octanol–water partition coefficient (Wildman–Crippen LogP) is 0.358. The summed E-state index contributed by atoms with van der Waals surface area (Å²) in [5, 5.41) is 14.5. The molecule has 0 saturated carbocycles. The highest BCUT2D eigenvalue weighted by Gasteiger charge is 2.27. The van der Waals surface area contributed by atoms with Gasteiger partial charge in [-0.25, -0.2) is 4.79 Å². The molecule has 0 aliphatic carbocycles. The van der Waals surface area contributed by atoms with E-state index in [0.717, 1.165) is 18.8 Å². The van der Waals surface area contributed by atoms with Crippen molar-refractivity contribution in [1.82, 2.24) is 15.5 Å². The predicted molar refractivity (Wildman–Crippen MR) is 84.0 cm³/mol. The van der Waals surface area contributed by atoms with Gasteiger partial charge in [-0.15, -0.1) is 0 Å². The van der Waals surface area contributed by atoms with Crippen LogP contribution in [0.3, 0.4) is 0 Å². The fourth-order valence-electron chi connectivity index (χ4n) is 2.53. The molecule has 1 aromatic carbocycles. The summed E-state index contributed by atoms with van der Waals surface area (Å²) in [7, 11) is 1.47. The van der Waals surface area contributed by atoms with Crippen molar-refractivity contribution in [2.45, 2.75) is 13.0 Å². The average Bonchev–Trinajstić information content (AvgIpc) is 2.54. The van der Waals surface area contributed by atoms with Crippen LogP contribution >= 0.6 is 0 Å². The van der Waals surface area contributed by atoms with Crippen molar-refractivity contribution in [2.75, 3.05) is 38.1 Å². The van der Waals surface area contributed by atoms with E-state index in [4.69, 9.17) is 0 Å². The number of phenols is 1. The highest BCUT2D eigenvalue weighted by molar-refractivity contribution is 5.96. The second-order valence-corrected chi connectivity index (χ2v) is 5.26. The van der Waals surface area contributed by atoms with Crippen molar-refractivity contribution in [3.05, 3.63) is 24.3 Å². The van der Waals surface area contributed by atoms with Gasteiger partial charge in [-0.1, -0.05) is 12.1 Å². The van der Waals surface area contributed by atoms with Gasteiger partial charge in [-0.3, -0.25) is 15.0 Å². The first-order valence-electron chi connectivity index (χ1n) is 7.32. The van der Waals surface area contributed by atoms with Gasteiger partial charge in [0.25, 0.3) is 0 Å². The van der Waals surface area contributed by atoms with Crippen LogP contribution in [0.2, 0.25) is 0 Å². The molecule has 1 heterocycles. The van der Waals surface area contributed by atoms with E-state index in [-0.39, 0.29) is 17.7 Å². The normalized spacial score (nSPS) is 16.9. The molecule has 3 amide bonds. The molecule has 0 spiro atoms. The molecule has 1 aliphatic heterocycles. The zero-order valence-corrected chi connectivity index (χ0v) is 12.9. The van der Waals surface area contributed by atoms with Gasteiger partial charge in [-0.05, 0) is 19.1 Å². The molecule has 1 aromatic rings. The molecule has 1 aliphatic rings. The maximum absolute atomic E-state index is 12.0. The number of aromatic hydroxyl groups is 1. The maximum Gasteiger partial charge on any atom is 0.321 e. The monoisotopic (exact) mass is 306 g/mol. The standard InChI is InChI=1S/C15H22N4O3/c1-11(14(21)17-15(22)16-2)18-7-9-19(10-8-18)12-5-3-4-6-13(12)20/h3-6,11,20H,7-10H2,1-2H3,(H2,16,17,21,22)/t11-/m0/s1. The molecular weight excluding hydrogens is 284 g/mol. The van der Waals surface area contributed by atoms with E-state index in [2.05, 4.69) is 15.5 Å². The zero-order chi connectivity index (χ0) is 16.1. The number of urea groups is 1. The summed E-state index contributed by atoms with van der Waals surface area (Å²) in [6.45, 7) is 4.60. The fourth-order valence-corrected chi connectivity index (χ4v) is 2.53. The Balaban J connectivity index is 1.90. The number of carbonyl (C=O) groups is 2. The second kappa shape index (κ2) is 7.13. The molecular formula is C15H22N4O3. The molecule has 0 aromatic heterocycles. The number of para-hydroxylation sites is 2. The van der Waals surface area contributed by atoms with Gasteiger partial charge in [0.1, 0.15) is 5.75 Å². The number of phenolic OH excluding ortho intramolecular Hbond substituents is 1. The Bertz CT molecular complexity index is 541. The molecule has 120 valence electrons. The molecule has 1 fully saturated rings. The first-order chi connectivity index (χ1) is 10.5. The second-order valence-electron chi connectivity index (χ2n) is 5.26. The van der Waals surface area contributed by atoms with E-state index in [0.29, 0.717) is 13.1 Å². The Morgan fingerprint density at radius 2 is 1.82 bits per heavy atom. The van der Waals surface area contributed by atoms with Crippen molar-refractivity contribution in [3.63, 3.8) is 0 Å². The number of nitrogens with zero attached hydrogens (tertiary/aromatic N) is 2. The number of piperazine rings is 1. The maximum atomic E-state index is 12.0. The molecule has 7 nitrogen and oxygen atoms in total. The summed E-state index contributed by atoms with van der Waals surface area (Å²) >= 11 is 0. The van der Waals surface area contributed by atoms with Crippen LogP contribution in [0, 0.1) is 0 Å². The van der Waals surface area contributed by atoms with Crippen molar-refractivity contribution >= 4 is 17.6 Å². The molecule has 3 N–H and O–H groups in total. The number of anilines is 1. The molecule has 22 heavy (non-hydrogen) atoms. The SMILES string of the molecule is CNC(=O)NC(=O)[C@H](C)N1CCN(c2ccccc2O)CC1. The third kappa shape index (κ3) is 3.67. The van der Waals surface area contributed by atoms with E-state index >= 15 is 0 Å². The lowest BCUT2D eigenvalue weighted by atomic mass is 10.2. The van der Waals surface area contributed by atoms with E-state index in [1.807, 2.05) is 17.0 Å². The lowest BCUT2D eigenvalue weighted by Crippen LogP contribution is -2.55. The summed E-state index contributed by atoms with van der Waals surface area (Å²) in [6, 6.07) is 6.36. The van der Waals surface area contributed by atoms with Crippen molar-refractivity contribution in [2.24, 2.45) is 0 Å². The van der Waals surface area contributed by atoms with Gasteiger partial charge >= 0.3 is 6.03 Å².